The molecule has 0 aliphatic carbocycles. The quantitative estimate of drug-likeness (QED) is 0.281. The maximum Gasteiger partial charge on any atom is 0.316 e. The first-order valence-electron chi connectivity index (χ1n) is 2.79. The lowest BCUT2D eigenvalue weighted by Gasteiger charge is -2.04. The molecule has 0 aromatic carbocycles. The first kappa shape index (κ1) is 9.16. The first-order chi connectivity index (χ1) is 4.63. The molecule has 0 N–H and O–H groups in total. The number of esters is 2. The van der Waals surface area contributed by atoms with Gasteiger partial charge in [-0.2, -0.15) is 0 Å². The van der Waals surface area contributed by atoms with E-state index in [9.17, 15) is 9.59 Å². The highest BCUT2D eigenvalue weighted by Gasteiger charge is 2.21. The lowest BCUT2D eigenvalue weighted by molar-refractivity contribution is -0.151. The predicted octanol–water partition coefficient (Wildman–Crippen LogP) is -1.51. The standard InChI is InChI=1S/C5H10O4Si/c1-8-4(6)3(10)5(7)9-2/h3H,1-2,10H3. The Hall–Kier alpha value is -0.843. The molecule has 10 heavy (non-hydrogen) atoms. The van der Waals surface area contributed by atoms with Crippen molar-refractivity contribution in [1.29, 1.82) is 0 Å². The van der Waals surface area contributed by atoms with Crippen LogP contribution in [-0.2, 0) is 19.1 Å². The van der Waals surface area contributed by atoms with Crippen molar-refractivity contribution in [2.24, 2.45) is 0 Å². The van der Waals surface area contributed by atoms with Gasteiger partial charge in [-0.25, -0.2) is 0 Å². The van der Waals surface area contributed by atoms with Crippen LogP contribution in [0.25, 0.3) is 0 Å². The number of ether oxygens (including phenoxy) is 2. The van der Waals surface area contributed by atoms with E-state index < -0.39 is 17.5 Å². The number of hydrogen-bond acceptors (Lipinski definition) is 4. The molecule has 0 atom stereocenters. The minimum Gasteiger partial charge on any atom is -0.469 e. The second-order valence-corrected chi connectivity index (χ2v) is 2.92. The molecule has 0 amide bonds. The zero-order valence-electron chi connectivity index (χ0n) is 6.21. The fraction of sp³-hybridized carbons (Fsp3) is 0.600. The molecule has 0 heterocycles. The van der Waals surface area contributed by atoms with Crippen LogP contribution in [-0.4, -0.2) is 36.4 Å². The van der Waals surface area contributed by atoms with Crippen molar-refractivity contribution < 1.29 is 19.1 Å². The van der Waals surface area contributed by atoms with Crippen LogP contribution in [0.3, 0.4) is 0 Å². The maximum atomic E-state index is 10.6. The summed E-state index contributed by atoms with van der Waals surface area (Å²) < 4.78 is 8.66. The molecule has 0 rings (SSSR count). The van der Waals surface area contributed by atoms with E-state index >= 15 is 0 Å². The van der Waals surface area contributed by atoms with E-state index in [-0.39, 0.29) is 0 Å². The molecule has 5 heteroatoms. The van der Waals surface area contributed by atoms with E-state index in [2.05, 4.69) is 9.47 Å². The van der Waals surface area contributed by atoms with Crippen LogP contribution < -0.4 is 0 Å². The number of rotatable bonds is 2. The number of carbonyl (C=O) groups excluding carboxylic acids is 2. The molecular weight excluding hydrogens is 152 g/mol. The Kier molecular flexibility index (Phi) is 3.71. The molecule has 0 unspecified atom stereocenters. The van der Waals surface area contributed by atoms with Crippen LogP contribution in [0, 0.1) is 0 Å². The maximum absolute atomic E-state index is 10.6. The Bertz CT molecular complexity index is 129. The fourth-order valence-corrected chi connectivity index (χ4v) is 0.921. The van der Waals surface area contributed by atoms with Crippen molar-refractivity contribution in [3.8, 4) is 0 Å². The second kappa shape index (κ2) is 4.05. The highest BCUT2D eigenvalue weighted by Crippen LogP contribution is 2.02. The monoisotopic (exact) mass is 162 g/mol. The SMILES string of the molecule is COC(=O)C([SiH3])C(=O)OC. The Morgan fingerprint density at radius 1 is 1.20 bits per heavy atom. The highest BCUT2D eigenvalue weighted by atomic mass is 28.1. The van der Waals surface area contributed by atoms with Gasteiger partial charge in [-0.1, -0.05) is 0 Å². The Morgan fingerprint density at radius 2 is 1.50 bits per heavy atom. The topological polar surface area (TPSA) is 52.6 Å². The van der Waals surface area contributed by atoms with E-state index in [0.717, 1.165) is 0 Å². The molecule has 0 aromatic rings. The lowest BCUT2D eigenvalue weighted by atomic mass is 10.4. The summed E-state index contributed by atoms with van der Waals surface area (Å²) in [6.45, 7) is 0. The van der Waals surface area contributed by atoms with Gasteiger partial charge < -0.3 is 9.47 Å². The molecule has 0 radical (unpaired) electrons. The summed E-state index contributed by atoms with van der Waals surface area (Å²) in [5.74, 6) is -1.03. The average Bonchev–Trinajstić information content (AvgIpc) is 2.00. The Morgan fingerprint density at radius 3 is 1.70 bits per heavy atom. The zero-order valence-corrected chi connectivity index (χ0v) is 8.21. The summed E-state index contributed by atoms with van der Waals surface area (Å²) in [6, 6.07) is 0. The summed E-state index contributed by atoms with van der Waals surface area (Å²) in [6.07, 6.45) is 0. The normalized spacial score (nSPS) is 9.50. The Labute approximate surface area is 61.9 Å². The van der Waals surface area contributed by atoms with Crippen LogP contribution in [0.2, 0.25) is 5.54 Å². The molecule has 58 valence electrons. The summed E-state index contributed by atoms with van der Waals surface area (Å²) in [5, 5.41) is 0. The third-order valence-corrected chi connectivity index (χ3v) is 2.05. The number of methoxy groups -OCH3 is 2. The molecule has 0 bridgehead atoms. The van der Waals surface area contributed by atoms with Gasteiger partial charge >= 0.3 is 11.9 Å². The van der Waals surface area contributed by atoms with E-state index in [1.807, 2.05) is 0 Å². The van der Waals surface area contributed by atoms with Gasteiger partial charge in [0.25, 0.3) is 0 Å². The largest absolute Gasteiger partial charge is 0.469 e. The molecule has 0 aromatic heterocycles. The molecule has 0 aliphatic heterocycles. The van der Waals surface area contributed by atoms with Gasteiger partial charge in [0, 0.05) is 10.2 Å². The van der Waals surface area contributed by atoms with Gasteiger partial charge in [-0.15, -0.1) is 0 Å². The van der Waals surface area contributed by atoms with Crippen LogP contribution in [0.5, 0.6) is 0 Å². The molecule has 0 saturated heterocycles. The molecule has 4 nitrogen and oxygen atoms in total. The third kappa shape index (κ3) is 2.18. The summed E-state index contributed by atoms with van der Waals surface area (Å²) in [5.41, 5.74) is -0.685. The molecule has 0 fully saturated rings. The van der Waals surface area contributed by atoms with Gasteiger partial charge in [0.05, 0.1) is 14.2 Å². The smallest absolute Gasteiger partial charge is 0.316 e. The minimum atomic E-state index is -0.685. The van der Waals surface area contributed by atoms with E-state index in [1.165, 1.54) is 14.2 Å². The zero-order chi connectivity index (χ0) is 8.15. The number of carbonyl (C=O) groups is 2. The van der Waals surface area contributed by atoms with Crippen molar-refractivity contribution in [2.45, 2.75) is 5.54 Å². The summed E-state index contributed by atoms with van der Waals surface area (Å²) in [4.78, 5) is 21.2. The van der Waals surface area contributed by atoms with Gasteiger partial charge in [0.15, 0.2) is 0 Å². The van der Waals surface area contributed by atoms with E-state index in [0.29, 0.717) is 10.2 Å². The summed E-state index contributed by atoms with van der Waals surface area (Å²) in [7, 11) is 2.92. The second-order valence-electron chi connectivity index (χ2n) is 1.77. The van der Waals surface area contributed by atoms with Crippen molar-refractivity contribution in [3.63, 3.8) is 0 Å². The lowest BCUT2D eigenvalue weighted by Crippen LogP contribution is -2.20. The predicted molar refractivity (Wildman–Crippen MR) is 37.7 cm³/mol. The first-order valence-corrected chi connectivity index (χ1v) is 3.94. The molecule has 0 saturated carbocycles. The van der Waals surface area contributed by atoms with Gasteiger partial charge in [0.1, 0.15) is 5.54 Å². The van der Waals surface area contributed by atoms with Crippen molar-refractivity contribution in [1.82, 2.24) is 0 Å². The fourth-order valence-electron chi connectivity index (χ4n) is 0.450. The van der Waals surface area contributed by atoms with Crippen LogP contribution in [0.15, 0.2) is 0 Å². The van der Waals surface area contributed by atoms with Crippen LogP contribution in [0.4, 0.5) is 0 Å². The van der Waals surface area contributed by atoms with Crippen molar-refractivity contribution in [3.05, 3.63) is 0 Å². The minimum absolute atomic E-state index is 0.427. The highest BCUT2D eigenvalue weighted by molar-refractivity contribution is 6.34. The molecule has 0 spiro atoms. The van der Waals surface area contributed by atoms with Crippen LogP contribution in [0.1, 0.15) is 0 Å². The third-order valence-electron chi connectivity index (χ3n) is 1.11. The van der Waals surface area contributed by atoms with E-state index in [4.69, 9.17) is 0 Å². The Balaban J connectivity index is 3.94. The number of hydrogen-bond donors (Lipinski definition) is 0. The van der Waals surface area contributed by atoms with Gasteiger partial charge in [-0.05, 0) is 0 Å². The average molecular weight is 162 g/mol. The van der Waals surface area contributed by atoms with Gasteiger partial charge in [-0.3, -0.25) is 9.59 Å². The van der Waals surface area contributed by atoms with Gasteiger partial charge in [0.2, 0.25) is 0 Å². The van der Waals surface area contributed by atoms with Crippen LogP contribution >= 0.6 is 0 Å². The summed E-state index contributed by atoms with van der Waals surface area (Å²) >= 11 is 0. The van der Waals surface area contributed by atoms with E-state index in [1.54, 1.807) is 0 Å². The molecule has 0 aliphatic rings. The van der Waals surface area contributed by atoms with Crippen molar-refractivity contribution >= 4 is 22.2 Å². The van der Waals surface area contributed by atoms with Crippen molar-refractivity contribution in [2.75, 3.05) is 14.2 Å². The molecular formula is C5H10O4Si.